The number of morpholine rings is 1. The SMILES string of the molecule is Cn1nnc(Br)c1S(=O)(=O)N1CCOCC1. The van der Waals surface area contributed by atoms with Crippen molar-refractivity contribution in [1.82, 2.24) is 19.3 Å². The van der Waals surface area contributed by atoms with Gasteiger partial charge < -0.3 is 4.74 Å². The topological polar surface area (TPSA) is 77.3 Å². The molecule has 1 saturated heterocycles. The number of aromatic nitrogens is 3. The molecule has 1 aromatic rings. The van der Waals surface area contributed by atoms with Gasteiger partial charge in [-0.3, -0.25) is 0 Å². The average molecular weight is 311 g/mol. The molecule has 1 aromatic heterocycles. The highest BCUT2D eigenvalue weighted by atomic mass is 79.9. The fourth-order valence-corrected chi connectivity index (χ4v) is 3.95. The second-order valence-corrected chi connectivity index (χ2v) is 5.93. The van der Waals surface area contributed by atoms with E-state index < -0.39 is 10.0 Å². The molecule has 0 spiro atoms. The van der Waals surface area contributed by atoms with Crippen LogP contribution in [0.5, 0.6) is 0 Å². The van der Waals surface area contributed by atoms with Crippen LogP contribution in [0.4, 0.5) is 0 Å². The van der Waals surface area contributed by atoms with Crippen LogP contribution in [0.25, 0.3) is 0 Å². The second-order valence-electron chi connectivity index (χ2n) is 3.33. The fraction of sp³-hybridized carbons (Fsp3) is 0.714. The van der Waals surface area contributed by atoms with Crippen molar-refractivity contribution in [3.05, 3.63) is 4.60 Å². The molecule has 7 nitrogen and oxygen atoms in total. The normalized spacial score (nSPS) is 18.9. The lowest BCUT2D eigenvalue weighted by Gasteiger charge is -2.25. The minimum Gasteiger partial charge on any atom is -0.379 e. The standard InChI is InChI=1S/C7H11BrN4O3S/c1-11-7(6(8)9-10-11)16(13,14)12-2-4-15-5-3-12/h2-5H2,1H3. The van der Waals surface area contributed by atoms with E-state index in [2.05, 4.69) is 26.2 Å². The van der Waals surface area contributed by atoms with Crippen molar-refractivity contribution in [2.24, 2.45) is 7.05 Å². The minimum atomic E-state index is -3.54. The molecule has 0 N–H and O–H groups in total. The van der Waals surface area contributed by atoms with Crippen molar-refractivity contribution >= 4 is 26.0 Å². The van der Waals surface area contributed by atoms with Gasteiger partial charge in [0.05, 0.1) is 13.2 Å². The number of aryl methyl sites for hydroxylation is 1. The molecule has 9 heteroatoms. The van der Waals surface area contributed by atoms with Crippen LogP contribution in [0.15, 0.2) is 9.63 Å². The van der Waals surface area contributed by atoms with E-state index in [0.717, 1.165) is 0 Å². The third-order valence-corrected chi connectivity index (χ3v) is 5.08. The molecule has 16 heavy (non-hydrogen) atoms. The molecule has 2 rings (SSSR count). The quantitative estimate of drug-likeness (QED) is 0.743. The van der Waals surface area contributed by atoms with Crippen LogP contribution in [-0.2, 0) is 21.8 Å². The van der Waals surface area contributed by atoms with E-state index in [-0.39, 0.29) is 9.63 Å². The number of sulfonamides is 1. The van der Waals surface area contributed by atoms with Gasteiger partial charge in [-0.2, -0.15) is 4.31 Å². The molecule has 0 saturated carbocycles. The van der Waals surface area contributed by atoms with Crippen molar-refractivity contribution in [3.63, 3.8) is 0 Å². The largest absolute Gasteiger partial charge is 0.379 e. The molecule has 2 heterocycles. The Morgan fingerprint density at radius 1 is 1.38 bits per heavy atom. The van der Waals surface area contributed by atoms with Crippen molar-refractivity contribution in [2.75, 3.05) is 26.3 Å². The molecule has 0 unspecified atom stereocenters. The first-order chi connectivity index (χ1) is 7.53. The zero-order chi connectivity index (χ0) is 11.8. The summed E-state index contributed by atoms with van der Waals surface area (Å²) in [6, 6.07) is 0. The second kappa shape index (κ2) is 4.40. The molecule has 1 fully saturated rings. The molecule has 0 bridgehead atoms. The molecule has 0 aliphatic carbocycles. The third kappa shape index (κ3) is 1.99. The lowest BCUT2D eigenvalue weighted by Crippen LogP contribution is -2.41. The van der Waals surface area contributed by atoms with Gasteiger partial charge in [0.2, 0.25) is 5.03 Å². The Morgan fingerprint density at radius 2 is 2.00 bits per heavy atom. The number of rotatable bonds is 2. The summed E-state index contributed by atoms with van der Waals surface area (Å²) in [4.78, 5) is 0. The van der Waals surface area contributed by atoms with E-state index >= 15 is 0 Å². The maximum Gasteiger partial charge on any atom is 0.263 e. The van der Waals surface area contributed by atoms with Crippen LogP contribution in [0.3, 0.4) is 0 Å². The first-order valence-electron chi connectivity index (χ1n) is 4.66. The van der Waals surface area contributed by atoms with Crippen LogP contribution in [-0.4, -0.2) is 54.0 Å². The predicted octanol–water partition coefficient (Wildman–Crippen LogP) is -0.402. The third-order valence-electron chi connectivity index (χ3n) is 2.29. The fourth-order valence-electron chi connectivity index (χ4n) is 1.51. The van der Waals surface area contributed by atoms with Gasteiger partial charge in [-0.15, -0.1) is 5.10 Å². The van der Waals surface area contributed by atoms with E-state index in [4.69, 9.17) is 4.74 Å². The van der Waals surface area contributed by atoms with Crippen molar-refractivity contribution in [2.45, 2.75) is 5.03 Å². The van der Waals surface area contributed by atoms with E-state index in [1.807, 2.05) is 0 Å². The smallest absolute Gasteiger partial charge is 0.263 e. The number of hydrogen-bond donors (Lipinski definition) is 0. The van der Waals surface area contributed by atoms with Gasteiger partial charge in [0.1, 0.15) is 0 Å². The summed E-state index contributed by atoms with van der Waals surface area (Å²) in [5.74, 6) is 0. The van der Waals surface area contributed by atoms with Crippen molar-refractivity contribution in [3.8, 4) is 0 Å². The summed E-state index contributed by atoms with van der Waals surface area (Å²) < 4.78 is 32.4. The molecule has 0 atom stereocenters. The zero-order valence-electron chi connectivity index (χ0n) is 8.63. The highest BCUT2D eigenvalue weighted by molar-refractivity contribution is 9.10. The van der Waals surface area contributed by atoms with E-state index in [1.54, 1.807) is 7.05 Å². The van der Waals surface area contributed by atoms with Gasteiger partial charge >= 0.3 is 0 Å². The Hall–Kier alpha value is -0.510. The van der Waals surface area contributed by atoms with Gasteiger partial charge in [-0.25, -0.2) is 13.1 Å². The van der Waals surface area contributed by atoms with E-state index in [9.17, 15) is 8.42 Å². The van der Waals surface area contributed by atoms with Gasteiger partial charge in [0.15, 0.2) is 4.60 Å². The number of ether oxygens (including phenoxy) is 1. The molecule has 1 aliphatic rings. The summed E-state index contributed by atoms with van der Waals surface area (Å²) in [5.41, 5.74) is 0. The molecular weight excluding hydrogens is 300 g/mol. The highest BCUT2D eigenvalue weighted by Gasteiger charge is 2.31. The van der Waals surface area contributed by atoms with E-state index in [0.29, 0.717) is 26.3 Å². The molecule has 0 radical (unpaired) electrons. The maximum atomic E-state index is 12.2. The number of hydrogen-bond acceptors (Lipinski definition) is 5. The van der Waals surface area contributed by atoms with Crippen molar-refractivity contribution in [1.29, 1.82) is 0 Å². The lowest BCUT2D eigenvalue weighted by molar-refractivity contribution is 0.0728. The van der Waals surface area contributed by atoms with Crippen molar-refractivity contribution < 1.29 is 13.2 Å². The summed E-state index contributed by atoms with van der Waals surface area (Å²) in [6.45, 7) is 1.56. The van der Waals surface area contributed by atoms with E-state index in [1.165, 1.54) is 8.99 Å². The van der Waals surface area contributed by atoms with Crippen LogP contribution in [0.1, 0.15) is 0 Å². The summed E-state index contributed by atoms with van der Waals surface area (Å²) in [6.07, 6.45) is 0. The first kappa shape index (κ1) is 12.0. The molecule has 0 amide bonds. The van der Waals surface area contributed by atoms with Gasteiger partial charge in [-0.05, 0) is 15.9 Å². The summed E-state index contributed by atoms with van der Waals surface area (Å²) in [7, 11) is -1.99. The van der Waals surface area contributed by atoms with Crippen LogP contribution >= 0.6 is 15.9 Å². The Balaban J connectivity index is 2.38. The van der Waals surface area contributed by atoms with Gasteiger partial charge in [0, 0.05) is 20.1 Å². The van der Waals surface area contributed by atoms with Crippen LogP contribution in [0.2, 0.25) is 0 Å². The monoisotopic (exact) mass is 310 g/mol. The van der Waals surface area contributed by atoms with Crippen LogP contribution < -0.4 is 0 Å². The van der Waals surface area contributed by atoms with Gasteiger partial charge in [0.25, 0.3) is 10.0 Å². The first-order valence-corrected chi connectivity index (χ1v) is 6.90. The minimum absolute atomic E-state index is 0.0781. The summed E-state index contributed by atoms with van der Waals surface area (Å²) >= 11 is 3.09. The lowest BCUT2D eigenvalue weighted by atomic mass is 10.5. The van der Waals surface area contributed by atoms with Crippen LogP contribution in [0, 0.1) is 0 Å². The Labute approximate surface area is 102 Å². The molecule has 1 aliphatic heterocycles. The predicted molar refractivity (Wildman–Crippen MR) is 58.3 cm³/mol. The van der Waals surface area contributed by atoms with Gasteiger partial charge in [-0.1, -0.05) is 5.21 Å². The zero-order valence-corrected chi connectivity index (χ0v) is 11.0. The highest BCUT2D eigenvalue weighted by Crippen LogP contribution is 2.22. The molecule has 0 aromatic carbocycles. The summed E-state index contributed by atoms with van der Waals surface area (Å²) in [5, 5.41) is 7.41. The maximum absolute atomic E-state index is 12.2. The molecular formula is C7H11BrN4O3S. The molecule has 90 valence electrons. The number of nitrogens with zero attached hydrogens (tertiary/aromatic N) is 4. The Kier molecular flexibility index (Phi) is 3.29. The number of halogens is 1. The average Bonchev–Trinajstić information content (AvgIpc) is 2.60. The Bertz CT molecular complexity index is 460. The Morgan fingerprint density at radius 3 is 2.50 bits per heavy atom.